The van der Waals surface area contributed by atoms with Gasteiger partial charge in [-0.1, -0.05) is 62.2 Å². The van der Waals surface area contributed by atoms with Crippen LogP contribution in [0.1, 0.15) is 51.0 Å². The number of hydrogen-bond donors (Lipinski definition) is 1. The summed E-state index contributed by atoms with van der Waals surface area (Å²) in [7, 11) is 0. The molecular weight excluding hydrogens is 391 g/mol. The highest BCUT2D eigenvalue weighted by atomic mass is 35.5. The molecule has 4 nitrogen and oxygen atoms in total. The first-order valence-corrected chi connectivity index (χ1v) is 10.4. The number of aliphatic hydroxyl groups is 1. The van der Waals surface area contributed by atoms with Gasteiger partial charge >= 0.3 is 0 Å². The molecule has 0 fully saturated rings. The van der Waals surface area contributed by atoms with Crippen molar-refractivity contribution < 1.29 is 9.84 Å². The molecular formula is C19H26Cl2N2O2S. The molecule has 0 unspecified atom stereocenters. The highest BCUT2D eigenvalue weighted by Crippen LogP contribution is 2.37. The molecule has 0 aliphatic heterocycles. The first-order valence-electron chi connectivity index (χ1n) is 8.88. The van der Waals surface area contributed by atoms with E-state index in [1.165, 1.54) is 0 Å². The van der Waals surface area contributed by atoms with Gasteiger partial charge in [0.05, 0.1) is 12.3 Å². The average molecular weight is 417 g/mol. The summed E-state index contributed by atoms with van der Waals surface area (Å²) < 4.78 is 7.81. The van der Waals surface area contributed by atoms with Crippen molar-refractivity contribution in [1.82, 2.24) is 9.55 Å². The maximum Gasteiger partial charge on any atom is 0.136 e. The lowest BCUT2D eigenvalue weighted by atomic mass is 10.1. The predicted octanol–water partition coefficient (Wildman–Crippen LogP) is 5.77. The number of ether oxygens (including phenoxy) is 1. The van der Waals surface area contributed by atoms with Crippen LogP contribution in [0.3, 0.4) is 0 Å². The Balaban J connectivity index is 2.35. The molecule has 0 bridgehead atoms. The van der Waals surface area contributed by atoms with Gasteiger partial charge in [-0.05, 0) is 30.5 Å². The van der Waals surface area contributed by atoms with Gasteiger partial charge in [0.25, 0.3) is 0 Å². The third-order valence-corrected chi connectivity index (χ3v) is 5.35. The summed E-state index contributed by atoms with van der Waals surface area (Å²) in [6, 6.07) is 5.49. The smallest absolute Gasteiger partial charge is 0.136 e. The van der Waals surface area contributed by atoms with Crippen LogP contribution in [0.4, 0.5) is 0 Å². The maximum absolute atomic E-state index is 9.54. The van der Waals surface area contributed by atoms with Gasteiger partial charge < -0.3 is 14.4 Å². The number of halogens is 2. The Morgan fingerprint density at radius 2 is 1.92 bits per heavy atom. The third-order valence-electron chi connectivity index (χ3n) is 3.82. The second kappa shape index (κ2) is 10.6. The van der Waals surface area contributed by atoms with E-state index in [-0.39, 0.29) is 12.5 Å². The van der Waals surface area contributed by atoms with Crippen LogP contribution in [0.25, 0.3) is 0 Å². The number of rotatable bonds is 10. The van der Waals surface area contributed by atoms with E-state index in [0.717, 1.165) is 34.3 Å². The fourth-order valence-corrected chi connectivity index (χ4v) is 4.48. The van der Waals surface area contributed by atoms with Crippen molar-refractivity contribution in [2.45, 2.75) is 62.6 Å². The maximum atomic E-state index is 9.54. The van der Waals surface area contributed by atoms with Gasteiger partial charge in [0.2, 0.25) is 0 Å². The van der Waals surface area contributed by atoms with Crippen molar-refractivity contribution in [2.75, 3.05) is 13.2 Å². The molecule has 0 amide bonds. The summed E-state index contributed by atoms with van der Waals surface area (Å²) in [5, 5.41) is 11.7. The lowest BCUT2D eigenvalue weighted by molar-refractivity contribution is 0.109. The molecule has 2 aromatic rings. The lowest BCUT2D eigenvalue weighted by Crippen LogP contribution is -2.10. The molecule has 0 spiro atoms. The van der Waals surface area contributed by atoms with Gasteiger partial charge in [-0.3, -0.25) is 0 Å². The first kappa shape index (κ1) is 21.6. The summed E-state index contributed by atoms with van der Waals surface area (Å²) in [6.45, 7) is 8.04. The minimum absolute atomic E-state index is 0.0414. The molecule has 0 radical (unpaired) electrons. The number of hydrogen-bond acceptors (Lipinski definition) is 4. The Labute approximate surface area is 169 Å². The van der Waals surface area contributed by atoms with E-state index in [4.69, 9.17) is 32.9 Å². The van der Waals surface area contributed by atoms with E-state index in [0.29, 0.717) is 29.8 Å². The summed E-state index contributed by atoms with van der Waals surface area (Å²) in [4.78, 5) is 5.75. The molecule has 1 aromatic heterocycles. The number of nitrogens with zero attached hydrogens (tertiary/aromatic N) is 2. The molecule has 26 heavy (non-hydrogen) atoms. The van der Waals surface area contributed by atoms with Crippen molar-refractivity contribution in [3.05, 3.63) is 39.8 Å². The standard InChI is InChI=1S/C19H26Cl2N2O2S/c1-4-5-8-25-12-17-22-18(13(2)3)19(23(17)6-7-24)26-16-10-14(20)9-15(21)11-16/h9-11,13,24H,4-8,12H2,1-3H3. The van der Waals surface area contributed by atoms with E-state index in [1.54, 1.807) is 17.8 Å². The molecule has 7 heteroatoms. The fourth-order valence-electron chi connectivity index (χ4n) is 2.54. The molecule has 1 heterocycles. The highest BCUT2D eigenvalue weighted by molar-refractivity contribution is 7.99. The van der Waals surface area contributed by atoms with Gasteiger partial charge in [0.1, 0.15) is 17.5 Å². The summed E-state index contributed by atoms with van der Waals surface area (Å²) >= 11 is 13.9. The van der Waals surface area contributed by atoms with Gasteiger partial charge in [0.15, 0.2) is 0 Å². The second-order valence-electron chi connectivity index (χ2n) is 6.36. The van der Waals surface area contributed by atoms with Crippen molar-refractivity contribution in [3.8, 4) is 0 Å². The van der Waals surface area contributed by atoms with E-state index >= 15 is 0 Å². The third kappa shape index (κ3) is 5.89. The molecule has 144 valence electrons. The number of unbranched alkanes of at least 4 members (excludes halogenated alkanes) is 1. The van der Waals surface area contributed by atoms with Gasteiger partial charge in [-0.2, -0.15) is 0 Å². The van der Waals surface area contributed by atoms with Crippen LogP contribution >= 0.6 is 35.0 Å². The molecule has 0 saturated carbocycles. The highest BCUT2D eigenvalue weighted by Gasteiger charge is 2.20. The molecule has 2 rings (SSSR count). The molecule has 0 aliphatic carbocycles. The summed E-state index contributed by atoms with van der Waals surface area (Å²) in [5.41, 5.74) is 0.994. The van der Waals surface area contributed by atoms with Gasteiger partial charge in [-0.15, -0.1) is 0 Å². The van der Waals surface area contributed by atoms with Crippen LogP contribution in [-0.4, -0.2) is 27.9 Å². The zero-order valence-electron chi connectivity index (χ0n) is 15.5. The van der Waals surface area contributed by atoms with E-state index in [2.05, 4.69) is 20.8 Å². The van der Waals surface area contributed by atoms with E-state index in [1.807, 2.05) is 16.7 Å². The first-order chi connectivity index (χ1) is 12.5. The zero-order chi connectivity index (χ0) is 19.1. The Kier molecular flexibility index (Phi) is 8.77. The Morgan fingerprint density at radius 1 is 1.23 bits per heavy atom. The minimum Gasteiger partial charge on any atom is -0.395 e. The Hall–Kier alpha value is -0.720. The van der Waals surface area contributed by atoms with Gasteiger partial charge in [-0.25, -0.2) is 4.98 Å². The van der Waals surface area contributed by atoms with Crippen LogP contribution in [0.2, 0.25) is 10.0 Å². The van der Waals surface area contributed by atoms with Crippen LogP contribution in [0, 0.1) is 0 Å². The predicted molar refractivity (Wildman–Crippen MR) is 109 cm³/mol. The van der Waals surface area contributed by atoms with E-state index in [9.17, 15) is 5.11 Å². The van der Waals surface area contributed by atoms with E-state index < -0.39 is 0 Å². The Morgan fingerprint density at radius 3 is 2.50 bits per heavy atom. The number of benzene rings is 1. The normalized spacial score (nSPS) is 11.5. The SMILES string of the molecule is CCCCOCc1nc(C(C)C)c(Sc2cc(Cl)cc(Cl)c2)n1CCO. The van der Waals surface area contributed by atoms with Crippen molar-refractivity contribution in [1.29, 1.82) is 0 Å². The number of aromatic nitrogens is 2. The molecule has 0 saturated heterocycles. The minimum atomic E-state index is 0.0414. The number of aliphatic hydroxyl groups excluding tert-OH is 1. The van der Waals surface area contributed by atoms with Crippen LogP contribution in [0.15, 0.2) is 28.1 Å². The molecule has 0 aliphatic rings. The van der Waals surface area contributed by atoms with Gasteiger partial charge in [0, 0.05) is 28.1 Å². The van der Waals surface area contributed by atoms with Crippen LogP contribution in [0.5, 0.6) is 0 Å². The quantitative estimate of drug-likeness (QED) is 0.499. The zero-order valence-corrected chi connectivity index (χ0v) is 17.8. The second-order valence-corrected chi connectivity index (χ2v) is 8.30. The lowest BCUT2D eigenvalue weighted by Gasteiger charge is -2.13. The molecule has 1 aromatic carbocycles. The van der Waals surface area contributed by atoms with Crippen molar-refractivity contribution in [3.63, 3.8) is 0 Å². The number of imidazole rings is 1. The van der Waals surface area contributed by atoms with Crippen molar-refractivity contribution >= 4 is 35.0 Å². The topological polar surface area (TPSA) is 47.3 Å². The fraction of sp³-hybridized carbons (Fsp3) is 0.526. The monoisotopic (exact) mass is 416 g/mol. The summed E-state index contributed by atoms with van der Waals surface area (Å²) in [5.74, 6) is 1.09. The largest absolute Gasteiger partial charge is 0.395 e. The molecule has 0 atom stereocenters. The van der Waals surface area contributed by atoms with Crippen LogP contribution in [-0.2, 0) is 17.9 Å². The average Bonchev–Trinajstić information content (AvgIpc) is 2.89. The summed E-state index contributed by atoms with van der Waals surface area (Å²) in [6.07, 6.45) is 2.12. The Bertz CT molecular complexity index is 700. The van der Waals surface area contributed by atoms with Crippen molar-refractivity contribution in [2.24, 2.45) is 0 Å². The molecule has 1 N–H and O–H groups in total. The van der Waals surface area contributed by atoms with Crippen LogP contribution < -0.4 is 0 Å².